The first kappa shape index (κ1) is 15.8. The van der Waals surface area contributed by atoms with E-state index < -0.39 is 0 Å². The summed E-state index contributed by atoms with van der Waals surface area (Å²) in [5.74, 6) is 1.09. The van der Waals surface area contributed by atoms with Gasteiger partial charge in [0.15, 0.2) is 0 Å². The van der Waals surface area contributed by atoms with Gasteiger partial charge in [-0.1, -0.05) is 36.2 Å². The summed E-state index contributed by atoms with van der Waals surface area (Å²) in [5.41, 5.74) is 3.69. The number of carbonyl (C=O) groups is 1. The second kappa shape index (κ2) is 8.63. The topological polar surface area (TPSA) is 30.0 Å². The van der Waals surface area contributed by atoms with Gasteiger partial charge >= 0.3 is 0 Å². The molecule has 2 nitrogen and oxygen atoms in total. The van der Waals surface area contributed by atoms with E-state index in [1.165, 1.54) is 21.6 Å². The van der Waals surface area contributed by atoms with Gasteiger partial charge in [0.1, 0.15) is 6.29 Å². The molecule has 0 bridgehead atoms. The van der Waals surface area contributed by atoms with Crippen molar-refractivity contribution >= 4 is 18.0 Å². The molecule has 0 aliphatic carbocycles. The largest absolute Gasteiger partial charge is 0.303 e. The summed E-state index contributed by atoms with van der Waals surface area (Å²) in [4.78, 5) is 15.8. The van der Waals surface area contributed by atoms with Crippen molar-refractivity contribution in [1.82, 2.24) is 4.98 Å². The van der Waals surface area contributed by atoms with Crippen molar-refractivity contribution in [2.45, 2.75) is 37.5 Å². The van der Waals surface area contributed by atoms with E-state index in [0.29, 0.717) is 6.42 Å². The highest BCUT2D eigenvalue weighted by Crippen LogP contribution is 2.31. The molecular weight excluding hydrogens is 278 g/mol. The van der Waals surface area contributed by atoms with Crippen molar-refractivity contribution < 1.29 is 4.79 Å². The summed E-state index contributed by atoms with van der Waals surface area (Å²) in [7, 11) is 0. The predicted molar refractivity (Wildman–Crippen MR) is 89.7 cm³/mol. The number of hydrogen-bond donors (Lipinski definition) is 0. The van der Waals surface area contributed by atoms with Crippen LogP contribution in [-0.2, 0) is 4.79 Å². The fraction of sp³-hybridized carbons (Fsp3) is 0.333. The van der Waals surface area contributed by atoms with Gasteiger partial charge in [0, 0.05) is 29.3 Å². The Kier molecular flexibility index (Phi) is 6.48. The van der Waals surface area contributed by atoms with Crippen molar-refractivity contribution in [3.63, 3.8) is 0 Å². The number of thioether (sulfide) groups is 1. The number of benzene rings is 1. The quantitative estimate of drug-likeness (QED) is 0.394. The average Bonchev–Trinajstić information content (AvgIpc) is 2.52. The number of hydrogen-bond acceptors (Lipinski definition) is 3. The van der Waals surface area contributed by atoms with Crippen LogP contribution in [0.4, 0.5) is 0 Å². The van der Waals surface area contributed by atoms with Crippen LogP contribution in [-0.4, -0.2) is 17.0 Å². The summed E-state index contributed by atoms with van der Waals surface area (Å²) in [6, 6.07) is 10.7. The predicted octanol–water partition coefficient (Wildman–Crippen LogP) is 4.91. The molecule has 1 aromatic heterocycles. The van der Waals surface area contributed by atoms with Crippen LogP contribution in [0.3, 0.4) is 0 Å². The maximum atomic E-state index is 10.3. The first-order chi connectivity index (χ1) is 10.3. The molecule has 0 aliphatic rings. The molecule has 0 saturated carbocycles. The molecule has 0 saturated heterocycles. The molecule has 0 amide bonds. The number of nitrogens with zero attached hydrogens (tertiary/aromatic N) is 1. The minimum Gasteiger partial charge on any atom is -0.303 e. The van der Waals surface area contributed by atoms with E-state index in [9.17, 15) is 4.79 Å². The lowest BCUT2D eigenvalue weighted by molar-refractivity contribution is -0.107. The van der Waals surface area contributed by atoms with E-state index in [2.05, 4.69) is 42.2 Å². The number of carbonyl (C=O) groups excluding carboxylic acids is 1. The first-order valence-electron chi connectivity index (χ1n) is 7.39. The molecule has 0 spiro atoms. The van der Waals surface area contributed by atoms with Crippen LogP contribution in [0.5, 0.6) is 0 Å². The van der Waals surface area contributed by atoms with Gasteiger partial charge in [-0.25, -0.2) is 0 Å². The van der Waals surface area contributed by atoms with Gasteiger partial charge in [-0.2, -0.15) is 0 Å². The Labute approximate surface area is 131 Å². The fourth-order valence-corrected chi connectivity index (χ4v) is 3.20. The Hall–Kier alpha value is -1.61. The van der Waals surface area contributed by atoms with Gasteiger partial charge in [-0.05, 0) is 37.1 Å². The van der Waals surface area contributed by atoms with Gasteiger partial charge in [0.05, 0.1) is 0 Å². The van der Waals surface area contributed by atoms with Crippen LogP contribution < -0.4 is 0 Å². The van der Waals surface area contributed by atoms with Crippen molar-refractivity contribution in [3.8, 4) is 11.1 Å². The Morgan fingerprint density at radius 1 is 1.10 bits per heavy atom. The fourth-order valence-electron chi connectivity index (χ4n) is 2.15. The molecule has 1 aromatic carbocycles. The molecular formula is C18H21NOS. The minimum atomic E-state index is 0.689. The summed E-state index contributed by atoms with van der Waals surface area (Å²) in [6.45, 7) is 2.10. The Morgan fingerprint density at radius 3 is 2.67 bits per heavy atom. The number of aromatic nitrogens is 1. The summed E-state index contributed by atoms with van der Waals surface area (Å²) in [6.07, 6.45) is 8.77. The van der Waals surface area contributed by atoms with Crippen LogP contribution in [0.15, 0.2) is 47.6 Å². The lowest BCUT2D eigenvalue weighted by Crippen LogP contribution is -1.87. The average molecular weight is 299 g/mol. The molecule has 0 atom stereocenters. The zero-order valence-electron chi connectivity index (χ0n) is 12.4. The van der Waals surface area contributed by atoms with Gasteiger partial charge in [-0.15, -0.1) is 11.8 Å². The SMILES string of the molecule is Cc1ccc(-c2cnccc2SCCCCCC=O)cc1. The summed E-state index contributed by atoms with van der Waals surface area (Å²) >= 11 is 1.88. The zero-order chi connectivity index (χ0) is 14.9. The van der Waals surface area contributed by atoms with Crippen molar-refractivity contribution in [2.24, 2.45) is 0 Å². The highest BCUT2D eigenvalue weighted by Gasteiger charge is 2.05. The second-order valence-electron chi connectivity index (χ2n) is 5.10. The van der Waals surface area contributed by atoms with Crippen molar-refractivity contribution in [2.75, 3.05) is 5.75 Å². The molecule has 110 valence electrons. The molecule has 0 aliphatic heterocycles. The Morgan fingerprint density at radius 2 is 1.90 bits per heavy atom. The van der Waals surface area contributed by atoms with Crippen LogP contribution in [0.1, 0.15) is 31.2 Å². The normalized spacial score (nSPS) is 10.5. The Bertz CT molecular complexity index is 566. The maximum absolute atomic E-state index is 10.3. The summed E-state index contributed by atoms with van der Waals surface area (Å²) < 4.78 is 0. The van der Waals surface area contributed by atoms with E-state index in [1.807, 2.05) is 24.2 Å². The first-order valence-corrected chi connectivity index (χ1v) is 8.37. The van der Waals surface area contributed by atoms with Crippen molar-refractivity contribution in [1.29, 1.82) is 0 Å². The van der Waals surface area contributed by atoms with Crippen LogP contribution in [0, 0.1) is 6.92 Å². The minimum absolute atomic E-state index is 0.689. The Balaban J connectivity index is 1.97. The monoisotopic (exact) mass is 299 g/mol. The molecule has 0 radical (unpaired) electrons. The lowest BCUT2D eigenvalue weighted by Gasteiger charge is -2.09. The lowest BCUT2D eigenvalue weighted by atomic mass is 10.1. The molecule has 0 unspecified atom stereocenters. The molecule has 0 N–H and O–H groups in total. The van der Waals surface area contributed by atoms with Crippen molar-refractivity contribution in [3.05, 3.63) is 48.3 Å². The smallest absolute Gasteiger partial charge is 0.119 e. The number of aryl methyl sites for hydroxylation is 1. The third-order valence-corrected chi connectivity index (χ3v) is 4.53. The van der Waals surface area contributed by atoms with Gasteiger partial charge in [0.25, 0.3) is 0 Å². The number of pyridine rings is 1. The van der Waals surface area contributed by atoms with E-state index in [4.69, 9.17) is 0 Å². The second-order valence-corrected chi connectivity index (χ2v) is 6.24. The van der Waals surface area contributed by atoms with Crippen LogP contribution in [0.2, 0.25) is 0 Å². The van der Waals surface area contributed by atoms with E-state index >= 15 is 0 Å². The number of aldehydes is 1. The number of rotatable bonds is 8. The highest BCUT2D eigenvalue weighted by atomic mass is 32.2. The highest BCUT2D eigenvalue weighted by molar-refractivity contribution is 7.99. The number of unbranched alkanes of at least 4 members (excludes halogenated alkanes) is 3. The standard InChI is InChI=1S/C18H21NOS/c1-15-6-8-16(9-7-15)17-14-19-11-10-18(17)21-13-5-3-2-4-12-20/h6-12,14H,2-5,13H2,1H3. The van der Waals surface area contributed by atoms with E-state index in [0.717, 1.165) is 31.3 Å². The van der Waals surface area contributed by atoms with E-state index in [1.54, 1.807) is 0 Å². The van der Waals surface area contributed by atoms with Gasteiger partial charge in [-0.3, -0.25) is 4.98 Å². The molecule has 1 heterocycles. The van der Waals surface area contributed by atoms with Crippen LogP contribution >= 0.6 is 11.8 Å². The third-order valence-electron chi connectivity index (χ3n) is 3.37. The summed E-state index contributed by atoms with van der Waals surface area (Å²) in [5, 5.41) is 0. The van der Waals surface area contributed by atoms with E-state index in [-0.39, 0.29) is 0 Å². The van der Waals surface area contributed by atoms with Crippen LogP contribution in [0.25, 0.3) is 11.1 Å². The van der Waals surface area contributed by atoms with Gasteiger partial charge < -0.3 is 4.79 Å². The molecule has 2 rings (SSSR count). The molecule has 21 heavy (non-hydrogen) atoms. The molecule has 0 fully saturated rings. The molecule has 2 aromatic rings. The molecule has 3 heteroatoms. The zero-order valence-corrected chi connectivity index (χ0v) is 13.2. The maximum Gasteiger partial charge on any atom is 0.119 e. The van der Waals surface area contributed by atoms with Gasteiger partial charge in [0.2, 0.25) is 0 Å². The third kappa shape index (κ3) is 5.01.